The SMILES string of the molecule is CC(C)O[C@H](C)O. The lowest BCUT2D eigenvalue weighted by molar-refractivity contribution is -0.112. The van der Waals surface area contributed by atoms with E-state index < -0.39 is 6.29 Å². The predicted molar refractivity (Wildman–Crippen MR) is 27.9 cm³/mol. The van der Waals surface area contributed by atoms with E-state index in [-0.39, 0.29) is 6.10 Å². The highest BCUT2D eigenvalue weighted by Crippen LogP contribution is 1.90. The molecule has 0 fully saturated rings. The van der Waals surface area contributed by atoms with Crippen LogP contribution in [0.25, 0.3) is 0 Å². The number of ether oxygens (including phenoxy) is 1. The Bertz CT molecular complexity index is 35.3. The number of hydrogen-bond donors (Lipinski definition) is 1. The van der Waals surface area contributed by atoms with Gasteiger partial charge in [0.25, 0.3) is 0 Å². The van der Waals surface area contributed by atoms with Crippen LogP contribution in [0.2, 0.25) is 0 Å². The number of aliphatic hydroxyl groups excluding tert-OH is 1. The number of aliphatic hydroxyl groups is 1. The van der Waals surface area contributed by atoms with Crippen molar-refractivity contribution in [3.05, 3.63) is 0 Å². The van der Waals surface area contributed by atoms with Crippen LogP contribution in [0, 0.1) is 0 Å². The lowest BCUT2D eigenvalue weighted by atomic mass is 10.5. The van der Waals surface area contributed by atoms with E-state index in [2.05, 4.69) is 0 Å². The monoisotopic (exact) mass is 104 g/mol. The van der Waals surface area contributed by atoms with E-state index in [4.69, 9.17) is 9.84 Å². The molecule has 0 saturated heterocycles. The Morgan fingerprint density at radius 3 is 1.71 bits per heavy atom. The first-order valence-electron chi connectivity index (χ1n) is 2.46. The molecule has 2 heteroatoms. The van der Waals surface area contributed by atoms with Gasteiger partial charge < -0.3 is 9.84 Å². The highest BCUT2D eigenvalue weighted by Gasteiger charge is 1.95. The van der Waals surface area contributed by atoms with Crippen LogP contribution >= 0.6 is 0 Å². The van der Waals surface area contributed by atoms with E-state index in [9.17, 15) is 0 Å². The van der Waals surface area contributed by atoms with Gasteiger partial charge in [0.1, 0.15) is 0 Å². The average molecular weight is 104 g/mol. The summed E-state index contributed by atoms with van der Waals surface area (Å²) in [6.45, 7) is 5.36. The molecular weight excluding hydrogens is 92.1 g/mol. The van der Waals surface area contributed by atoms with E-state index in [1.807, 2.05) is 13.8 Å². The van der Waals surface area contributed by atoms with Crippen LogP contribution in [0.15, 0.2) is 0 Å². The molecule has 2 nitrogen and oxygen atoms in total. The zero-order valence-electron chi connectivity index (χ0n) is 5.01. The van der Waals surface area contributed by atoms with E-state index >= 15 is 0 Å². The Morgan fingerprint density at radius 2 is 1.71 bits per heavy atom. The molecule has 0 rings (SSSR count). The zero-order chi connectivity index (χ0) is 5.86. The van der Waals surface area contributed by atoms with Crippen molar-refractivity contribution in [2.24, 2.45) is 0 Å². The molecule has 0 bridgehead atoms. The zero-order valence-corrected chi connectivity index (χ0v) is 5.01. The Labute approximate surface area is 44.1 Å². The van der Waals surface area contributed by atoms with Gasteiger partial charge in [0, 0.05) is 0 Å². The van der Waals surface area contributed by atoms with Gasteiger partial charge in [-0.1, -0.05) is 0 Å². The third kappa shape index (κ3) is 5.92. The fourth-order valence-corrected chi connectivity index (χ4v) is 0.394. The van der Waals surface area contributed by atoms with Crippen molar-refractivity contribution >= 4 is 0 Å². The van der Waals surface area contributed by atoms with E-state index in [0.717, 1.165) is 0 Å². The van der Waals surface area contributed by atoms with Crippen molar-refractivity contribution in [3.63, 3.8) is 0 Å². The summed E-state index contributed by atoms with van der Waals surface area (Å²) < 4.78 is 4.81. The summed E-state index contributed by atoms with van der Waals surface area (Å²) in [5.74, 6) is 0. The molecule has 0 spiro atoms. The summed E-state index contributed by atoms with van der Waals surface area (Å²) >= 11 is 0. The molecular formula is C5H12O2. The molecule has 44 valence electrons. The van der Waals surface area contributed by atoms with Crippen LogP contribution in [0.5, 0.6) is 0 Å². The Balaban J connectivity index is 2.95. The maximum Gasteiger partial charge on any atom is 0.152 e. The Kier molecular flexibility index (Phi) is 2.96. The molecule has 0 amide bonds. The minimum Gasteiger partial charge on any atom is -0.368 e. The summed E-state index contributed by atoms with van der Waals surface area (Å²) in [4.78, 5) is 0. The summed E-state index contributed by atoms with van der Waals surface area (Å²) in [7, 11) is 0. The molecule has 7 heavy (non-hydrogen) atoms. The third-order valence-corrected chi connectivity index (χ3v) is 0.469. The second kappa shape index (κ2) is 2.99. The molecule has 0 aromatic rings. The summed E-state index contributed by atoms with van der Waals surface area (Å²) in [6.07, 6.45) is -0.500. The first kappa shape index (κ1) is 6.92. The molecule has 0 aliphatic rings. The van der Waals surface area contributed by atoms with Gasteiger partial charge in [-0.3, -0.25) is 0 Å². The second-order valence-corrected chi connectivity index (χ2v) is 1.78. The fraction of sp³-hybridized carbons (Fsp3) is 1.00. The van der Waals surface area contributed by atoms with Gasteiger partial charge in [0.2, 0.25) is 0 Å². The first-order valence-corrected chi connectivity index (χ1v) is 2.46. The molecule has 0 aliphatic heterocycles. The molecule has 0 heterocycles. The van der Waals surface area contributed by atoms with Crippen molar-refractivity contribution in [2.45, 2.75) is 33.2 Å². The Hall–Kier alpha value is -0.0800. The van der Waals surface area contributed by atoms with Crippen LogP contribution in [-0.2, 0) is 4.74 Å². The van der Waals surface area contributed by atoms with Crippen LogP contribution < -0.4 is 0 Å². The molecule has 0 aromatic heterocycles. The average Bonchev–Trinajstić information content (AvgIpc) is 1.27. The quantitative estimate of drug-likeness (QED) is 0.524. The largest absolute Gasteiger partial charge is 0.368 e. The van der Waals surface area contributed by atoms with Gasteiger partial charge >= 0.3 is 0 Å². The molecule has 0 unspecified atom stereocenters. The summed E-state index contributed by atoms with van der Waals surface area (Å²) in [6, 6.07) is 0. The normalized spacial score (nSPS) is 15.0. The van der Waals surface area contributed by atoms with Crippen molar-refractivity contribution in [2.75, 3.05) is 0 Å². The van der Waals surface area contributed by atoms with Crippen LogP contribution in [0.4, 0.5) is 0 Å². The highest BCUT2D eigenvalue weighted by atomic mass is 16.6. The molecule has 0 aromatic carbocycles. The minimum atomic E-state index is -0.625. The molecule has 0 radical (unpaired) electrons. The molecule has 0 aliphatic carbocycles. The highest BCUT2D eigenvalue weighted by molar-refractivity contribution is 4.34. The Morgan fingerprint density at radius 1 is 1.29 bits per heavy atom. The molecule has 1 atom stereocenters. The maximum absolute atomic E-state index is 8.50. The first-order chi connectivity index (χ1) is 3.13. The van der Waals surface area contributed by atoms with Gasteiger partial charge in [-0.25, -0.2) is 0 Å². The van der Waals surface area contributed by atoms with Crippen molar-refractivity contribution in [3.8, 4) is 0 Å². The van der Waals surface area contributed by atoms with Crippen molar-refractivity contribution < 1.29 is 9.84 Å². The topological polar surface area (TPSA) is 29.5 Å². The number of hydrogen-bond acceptors (Lipinski definition) is 2. The van der Waals surface area contributed by atoms with Crippen LogP contribution in [-0.4, -0.2) is 17.5 Å². The molecule has 1 N–H and O–H groups in total. The van der Waals surface area contributed by atoms with Crippen molar-refractivity contribution in [1.29, 1.82) is 0 Å². The maximum atomic E-state index is 8.50. The van der Waals surface area contributed by atoms with E-state index in [1.54, 1.807) is 6.92 Å². The van der Waals surface area contributed by atoms with Crippen LogP contribution in [0.3, 0.4) is 0 Å². The van der Waals surface area contributed by atoms with Crippen LogP contribution in [0.1, 0.15) is 20.8 Å². The standard InChI is InChI=1S/C5H12O2/c1-4(2)7-5(3)6/h4-6H,1-3H3/t5-/m1/s1. The lowest BCUT2D eigenvalue weighted by Crippen LogP contribution is -2.12. The van der Waals surface area contributed by atoms with Crippen molar-refractivity contribution in [1.82, 2.24) is 0 Å². The third-order valence-electron chi connectivity index (χ3n) is 0.469. The van der Waals surface area contributed by atoms with Gasteiger partial charge in [-0.15, -0.1) is 0 Å². The van der Waals surface area contributed by atoms with E-state index in [1.165, 1.54) is 0 Å². The lowest BCUT2D eigenvalue weighted by Gasteiger charge is -2.08. The van der Waals surface area contributed by atoms with Gasteiger partial charge in [0.15, 0.2) is 6.29 Å². The van der Waals surface area contributed by atoms with Gasteiger partial charge in [-0.2, -0.15) is 0 Å². The van der Waals surface area contributed by atoms with Gasteiger partial charge in [0.05, 0.1) is 6.10 Å². The second-order valence-electron chi connectivity index (χ2n) is 1.78. The number of rotatable bonds is 2. The minimum absolute atomic E-state index is 0.125. The predicted octanol–water partition coefficient (Wildman–Crippen LogP) is 0.750. The van der Waals surface area contributed by atoms with Gasteiger partial charge in [-0.05, 0) is 20.8 Å². The molecule has 0 saturated carbocycles. The fourth-order valence-electron chi connectivity index (χ4n) is 0.394. The summed E-state index contributed by atoms with van der Waals surface area (Å²) in [5.41, 5.74) is 0. The summed E-state index contributed by atoms with van der Waals surface area (Å²) in [5, 5.41) is 8.50. The van der Waals surface area contributed by atoms with E-state index in [0.29, 0.717) is 0 Å². The smallest absolute Gasteiger partial charge is 0.152 e.